The van der Waals surface area contributed by atoms with Crippen LogP contribution in [0.5, 0.6) is 23.0 Å². The van der Waals surface area contributed by atoms with Crippen molar-refractivity contribution in [1.82, 2.24) is 0 Å². The highest BCUT2D eigenvalue weighted by atomic mass is 16.5. The number of benzene rings is 1. The van der Waals surface area contributed by atoms with E-state index in [4.69, 9.17) is 18.9 Å². The summed E-state index contributed by atoms with van der Waals surface area (Å²) in [6.45, 7) is 3.68. The molecular weight excluding hydrogens is 272 g/mol. The molecule has 0 radical (unpaired) electrons. The first kappa shape index (κ1) is 16.9. The summed E-state index contributed by atoms with van der Waals surface area (Å²) in [6.07, 6.45) is 3.19. The fraction of sp³-hybridized carbons (Fsp3) is 0.438. The molecule has 0 heterocycles. The number of ether oxygens (including phenoxy) is 4. The molecule has 0 spiro atoms. The third-order valence-electron chi connectivity index (χ3n) is 3.32. The second kappa shape index (κ2) is 7.57. The third kappa shape index (κ3) is 3.29. The first-order chi connectivity index (χ1) is 10.0. The predicted octanol–water partition coefficient (Wildman–Crippen LogP) is 2.72. The van der Waals surface area contributed by atoms with Crippen molar-refractivity contribution in [2.45, 2.75) is 20.3 Å². The topological polar surface area (TPSA) is 54.0 Å². The Hall–Kier alpha value is -2.17. The van der Waals surface area contributed by atoms with Crippen molar-refractivity contribution in [2.75, 3.05) is 28.4 Å². The molecule has 1 aromatic carbocycles. The van der Waals surface area contributed by atoms with Crippen LogP contribution in [0.1, 0.15) is 18.1 Å². The van der Waals surface area contributed by atoms with Crippen molar-refractivity contribution in [1.29, 1.82) is 0 Å². The molecule has 0 N–H and O–H groups in total. The Bertz CT molecular complexity index is 546. The van der Waals surface area contributed by atoms with Gasteiger partial charge in [-0.1, -0.05) is 6.08 Å². The van der Waals surface area contributed by atoms with E-state index in [0.717, 1.165) is 17.4 Å². The van der Waals surface area contributed by atoms with Crippen LogP contribution in [0.2, 0.25) is 0 Å². The van der Waals surface area contributed by atoms with Crippen LogP contribution in [-0.2, 0) is 11.2 Å². The molecule has 0 aliphatic carbocycles. The lowest BCUT2D eigenvalue weighted by Gasteiger charge is -2.21. The maximum absolute atomic E-state index is 10.7. The first-order valence-corrected chi connectivity index (χ1v) is 6.52. The van der Waals surface area contributed by atoms with Gasteiger partial charge in [0, 0.05) is 11.1 Å². The second-order valence-corrected chi connectivity index (χ2v) is 4.51. The third-order valence-corrected chi connectivity index (χ3v) is 3.32. The Kier molecular flexibility index (Phi) is 6.09. The van der Waals surface area contributed by atoms with E-state index in [-0.39, 0.29) is 0 Å². The number of hydrogen-bond donors (Lipinski definition) is 0. The lowest BCUT2D eigenvalue weighted by Crippen LogP contribution is -2.04. The molecule has 0 aromatic heterocycles. The molecule has 0 fully saturated rings. The van der Waals surface area contributed by atoms with Crippen molar-refractivity contribution in [3.63, 3.8) is 0 Å². The number of aldehydes is 1. The quantitative estimate of drug-likeness (QED) is 0.571. The molecule has 0 aliphatic rings. The van der Waals surface area contributed by atoms with Crippen molar-refractivity contribution in [3.05, 3.63) is 22.8 Å². The molecule has 0 saturated carbocycles. The highest BCUT2D eigenvalue weighted by molar-refractivity contribution is 5.72. The summed E-state index contributed by atoms with van der Waals surface area (Å²) in [7, 11) is 6.25. The minimum Gasteiger partial charge on any atom is -0.492 e. The minimum absolute atomic E-state index is 0.481. The van der Waals surface area contributed by atoms with E-state index in [0.29, 0.717) is 35.0 Å². The monoisotopic (exact) mass is 294 g/mol. The summed E-state index contributed by atoms with van der Waals surface area (Å²) in [4.78, 5) is 10.7. The van der Waals surface area contributed by atoms with Gasteiger partial charge in [-0.25, -0.2) is 0 Å². The Morgan fingerprint density at radius 2 is 1.38 bits per heavy atom. The first-order valence-electron chi connectivity index (χ1n) is 6.52. The van der Waals surface area contributed by atoms with Crippen LogP contribution in [0.25, 0.3) is 0 Å². The molecule has 5 heteroatoms. The van der Waals surface area contributed by atoms with Gasteiger partial charge in [0.25, 0.3) is 0 Å². The SMILES string of the molecule is COc1c(C)c(CC=C(C)C=O)c(OC)c(OC)c1OC. The summed E-state index contributed by atoms with van der Waals surface area (Å²) >= 11 is 0. The van der Waals surface area contributed by atoms with Crippen molar-refractivity contribution < 1.29 is 23.7 Å². The second-order valence-electron chi connectivity index (χ2n) is 4.51. The fourth-order valence-corrected chi connectivity index (χ4v) is 2.21. The van der Waals surface area contributed by atoms with Gasteiger partial charge in [0.1, 0.15) is 6.29 Å². The van der Waals surface area contributed by atoms with Crippen LogP contribution >= 0.6 is 0 Å². The summed E-state index contributed by atoms with van der Waals surface area (Å²) in [5, 5.41) is 0. The highest BCUT2D eigenvalue weighted by Crippen LogP contribution is 2.49. The minimum atomic E-state index is 0.481. The van der Waals surface area contributed by atoms with E-state index in [2.05, 4.69) is 0 Å². The number of rotatable bonds is 7. The molecule has 0 amide bonds. The molecule has 0 saturated heterocycles. The van der Waals surface area contributed by atoms with Crippen molar-refractivity contribution in [3.8, 4) is 23.0 Å². The van der Waals surface area contributed by atoms with E-state index in [1.165, 1.54) is 0 Å². The van der Waals surface area contributed by atoms with Crippen LogP contribution in [0.3, 0.4) is 0 Å². The van der Waals surface area contributed by atoms with Gasteiger partial charge in [0.2, 0.25) is 11.5 Å². The van der Waals surface area contributed by atoms with Gasteiger partial charge in [-0.15, -0.1) is 0 Å². The van der Waals surface area contributed by atoms with E-state index >= 15 is 0 Å². The van der Waals surface area contributed by atoms with Gasteiger partial charge < -0.3 is 18.9 Å². The van der Waals surface area contributed by atoms with Gasteiger partial charge in [0.05, 0.1) is 28.4 Å². The molecule has 116 valence electrons. The van der Waals surface area contributed by atoms with E-state index in [1.807, 2.05) is 13.0 Å². The summed E-state index contributed by atoms with van der Waals surface area (Å²) in [5.41, 5.74) is 2.44. The van der Waals surface area contributed by atoms with Crippen molar-refractivity contribution >= 4 is 6.29 Å². The standard InChI is InChI=1S/C16H22O5/c1-10(9-17)7-8-12-11(2)13(18-3)15(20-5)16(21-6)14(12)19-4/h7,9H,8H2,1-6H3. The Morgan fingerprint density at radius 3 is 1.81 bits per heavy atom. The zero-order valence-electron chi connectivity index (χ0n) is 13.4. The predicted molar refractivity (Wildman–Crippen MR) is 80.9 cm³/mol. The van der Waals surface area contributed by atoms with Crippen molar-refractivity contribution in [2.24, 2.45) is 0 Å². The zero-order valence-corrected chi connectivity index (χ0v) is 13.4. The summed E-state index contributed by atoms with van der Waals surface area (Å²) in [5.74, 6) is 2.16. The van der Waals surface area contributed by atoms with Crippen LogP contribution in [0.15, 0.2) is 11.6 Å². The summed E-state index contributed by atoms with van der Waals surface area (Å²) < 4.78 is 21.7. The molecule has 5 nitrogen and oxygen atoms in total. The number of carbonyl (C=O) groups is 1. The number of allylic oxidation sites excluding steroid dienone is 2. The molecule has 1 aromatic rings. The smallest absolute Gasteiger partial charge is 0.207 e. The maximum atomic E-state index is 10.7. The van der Waals surface area contributed by atoms with Crippen LogP contribution in [0, 0.1) is 6.92 Å². The maximum Gasteiger partial charge on any atom is 0.207 e. The molecule has 0 aliphatic heterocycles. The lowest BCUT2D eigenvalue weighted by atomic mass is 10.0. The van der Waals surface area contributed by atoms with Gasteiger partial charge in [-0.3, -0.25) is 4.79 Å². The van der Waals surface area contributed by atoms with E-state index in [1.54, 1.807) is 35.4 Å². The van der Waals surface area contributed by atoms with Gasteiger partial charge >= 0.3 is 0 Å². The Balaban J connectivity index is 3.57. The number of carbonyl (C=O) groups excluding carboxylic acids is 1. The average Bonchev–Trinajstić information content (AvgIpc) is 2.51. The van der Waals surface area contributed by atoms with Gasteiger partial charge in [-0.05, 0) is 25.8 Å². The van der Waals surface area contributed by atoms with Gasteiger partial charge in [-0.2, -0.15) is 0 Å². The highest BCUT2D eigenvalue weighted by Gasteiger charge is 2.24. The molecule has 0 unspecified atom stereocenters. The number of hydrogen-bond acceptors (Lipinski definition) is 5. The fourth-order valence-electron chi connectivity index (χ4n) is 2.21. The molecule has 0 atom stereocenters. The Morgan fingerprint density at radius 1 is 0.905 bits per heavy atom. The molecular formula is C16H22O5. The van der Waals surface area contributed by atoms with E-state index in [9.17, 15) is 4.79 Å². The van der Waals surface area contributed by atoms with E-state index < -0.39 is 0 Å². The average molecular weight is 294 g/mol. The largest absolute Gasteiger partial charge is 0.492 e. The zero-order chi connectivity index (χ0) is 16.0. The van der Waals surface area contributed by atoms with Gasteiger partial charge in [0.15, 0.2) is 11.5 Å². The Labute approximate surface area is 125 Å². The van der Waals surface area contributed by atoms with Crippen LogP contribution in [-0.4, -0.2) is 34.7 Å². The molecule has 21 heavy (non-hydrogen) atoms. The summed E-state index contributed by atoms with van der Waals surface area (Å²) in [6, 6.07) is 0. The number of methoxy groups -OCH3 is 4. The molecule has 1 rings (SSSR count). The van der Waals surface area contributed by atoms with Crippen LogP contribution < -0.4 is 18.9 Å². The molecule has 0 bridgehead atoms. The lowest BCUT2D eigenvalue weighted by molar-refractivity contribution is -0.104. The van der Waals surface area contributed by atoms with Crippen LogP contribution in [0.4, 0.5) is 0 Å². The normalized spacial score (nSPS) is 11.0.